The van der Waals surface area contributed by atoms with Crippen molar-refractivity contribution in [2.45, 2.75) is 6.18 Å². The van der Waals surface area contributed by atoms with Gasteiger partial charge in [0.1, 0.15) is 11.6 Å². The fourth-order valence-corrected chi connectivity index (χ4v) is 2.81. The highest BCUT2D eigenvalue weighted by atomic mass is 19.4. The lowest BCUT2D eigenvalue weighted by molar-refractivity contribution is -0.137. The van der Waals surface area contributed by atoms with Crippen LogP contribution in [-0.4, -0.2) is 26.1 Å². The lowest BCUT2D eigenvalue weighted by Gasteiger charge is -2.09. The van der Waals surface area contributed by atoms with E-state index in [1.165, 1.54) is 30.6 Å². The number of anilines is 3. The van der Waals surface area contributed by atoms with E-state index in [1.807, 2.05) is 30.3 Å². The molecule has 0 fully saturated rings. The van der Waals surface area contributed by atoms with Crippen molar-refractivity contribution in [3.8, 4) is 11.3 Å². The molecule has 0 atom stereocenters. The summed E-state index contributed by atoms with van der Waals surface area (Å²) in [6, 6.07) is 14.5. The van der Waals surface area contributed by atoms with E-state index >= 15 is 0 Å². The Morgan fingerprint density at radius 2 is 1.74 bits per heavy atom. The first-order valence-corrected chi connectivity index (χ1v) is 9.06. The van der Waals surface area contributed by atoms with E-state index in [4.69, 9.17) is 0 Å². The number of amides is 1. The van der Waals surface area contributed by atoms with Gasteiger partial charge in [-0.3, -0.25) is 9.89 Å². The van der Waals surface area contributed by atoms with E-state index in [1.54, 1.807) is 0 Å². The molecule has 3 aromatic heterocycles. The van der Waals surface area contributed by atoms with Gasteiger partial charge in [-0.05, 0) is 24.3 Å². The predicted molar refractivity (Wildman–Crippen MR) is 109 cm³/mol. The first-order valence-electron chi connectivity index (χ1n) is 9.06. The zero-order chi connectivity index (χ0) is 21.8. The van der Waals surface area contributed by atoms with Crippen LogP contribution in [0.4, 0.5) is 30.5 Å². The minimum absolute atomic E-state index is 0.166. The minimum Gasteiger partial charge on any atom is -0.325 e. The van der Waals surface area contributed by atoms with E-state index in [2.05, 4.69) is 30.8 Å². The molecule has 0 aliphatic rings. The first-order chi connectivity index (χ1) is 14.9. The van der Waals surface area contributed by atoms with Crippen LogP contribution >= 0.6 is 0 Å². The lowest BCUT2D eigenvalue weighted by atomic mass is 10.1. The summed E-state index contributed by atoms with van der Waals surface area (Å²) < 4.78 is 38.0. The van der Waals surface area contributed by atoms with E-state index in [-0.39, 0.29) is 11.6 Å². The zero-order valence-electron chi connectivity index (χ0n) is 15.8. The van der Waals surface area contributed by atoms with Gasteiger partial charge in [0.05, 0.1) is 23.1 Å². The highest BCUT2D eigenvalue weighted by Crippen LogP contribution is 2.29. The van der Waals surface area contributed by atoms with Crippen LogP contribution in [0, 0.1) is 0 Å². The maximum absolute atomic E-state index is 12.7. The Bertz CT molecular complexity index is 1190. The second-order valence-electron chi connectivity index (χ2n) is 6.46. The van der Waals surface area contributed by atoms with Gasteiger partial charge in [0.25, 0.3) is 5.91 Å². The van der Waals surface area contributed by atoms with Crippen LogP contribution in [0.1, 0.15) is 15.9 Å². The van der Waals surface area contributed by atoms with Crippen molar-refractivity contribution in [1.29, 1.82) is 0 Å². The maximum atomic E-state index is 12.7. The molecule has 3 N–H and O–H groups in total. The van der Waals surface area contributed by atoms with Crippen molar-refractivity contribution < 1.29 is 18.0 Å². The quantitative estimate of drug-likeness (QED) is 0.424. The molecule has 1 amide bonds. The summed E-state index contributed by atoms with van der Waals surface area (Å²) in [7, 11) is 0. The van der Waals surface area contributed by atoms with Crippen LogP contribution in [0.5, 0.6) is 0 Å². The van der Waals surface area contributed by atoms with Crippen molar-refractivity contribution >= 4 is 23.2 Å². The van der Waals surface area contributed by atoms with Crippen molar-refractivity contribution in [3.05, 3.63) is 84.3 Å². The summed E-state index contributed by atoms with van der Waals surface area (Å²) in [4.78, 5) is 20.5. The number of nitrogens with zero attached hydrogens (tertiary/aromatic N) is 3. The van der Waals surface area contributed by atoms with Gasteiger partial charge >= 0.3 is 6.18 Å². The molecule has 0 aliphatic heterocycles. The summed E-state index contributed by atoms with van der Waals surface area (Å²) in [5.74, 6) is 0.0269. The molecule has 31 heavy (non-hydrogen) atoms. The molecule has 0 saturated heterocycles. The standard InChI is InChI=1S/C21H15F3N6O/c22-21(23,24)15-6-7-17(26-11-15)29-18-10-14(8-9-25-18)20(31)28-16-12-27-30-19(16)13-4-2-1-3-5-13/h1-12H,(H,27,30)(H,28,31)(H,25,26,29). The van der Waals surface area contributed by atoms with Crippen LogP contribution in [0.2, 0.25) is 0 Å². The molecule has 4 rings (SSSR count). The molecule has 0 bridgehead atoms. The second-order valence-corrected chi connectivity index (χ2v) is 6.46. The largest absolute Gasteiger partial charge is 0.417 e. The normalized spacial score (nSPS) is 11.2. The third-order valence-corrected chi connectivity index (χ3v) is 4.32. The van der Waals surface area contributed by atoms with Crippen LogP contribution < -0.4 is 10.6 Å². The SMILES string of the molecule is O=C(Nc1cn[nH]c1-c1ccccc1)c1ccnc(Nc2ccc(C(F)(F)F)cn2)c1. The number of hydrogen-bond donors (Lipinski definition) is 3. The average molecular weight is 424 g/mol. The molecule has 156 valence electrons. The minimum atomic E-state index is -4.46. The van der Waals surface area contributed by atoms with Crippen LogP contribution in [0.3, 0.4) is 0 Å². The van der Waals surface area contributed by atoms with Gasteiger partial charge in [-0.2, -0.15) is 18.3 Å². The Morgan fingerprint density at radius 3 is 2.45 bits per heavy atom. The molecule has 0 aliphatic carbocycles. The van der Waals surface area contributed by atoms with E-state index < -0.39 is 17.6 Å². The summed E-state index contributed by atoms with van der Waals surface area (Å²) in [5, 5.41) is 12.4. The highest BCUT2D eigenvalue weighted by Gasteiger charge is 2.30. The number of pyridine rings is 2. The molecule has 7 nitrogen and oxygen atoms in total. The van der Waals surface area contributed by atoms with Gasteiger partial charge < -0.3 is 10.6 Å². The number of benzene rings is 1. The van der Waals surface area contributed by atoms with E-state index in [0.717, 1.165) is 17.8 Å². The van der Waals surface area contributed by atoms with Gasteiger partial charge in [0.15, 0.2) is 0 Å². The number of aromatic amines is 1. The fraction of sp³-hybridized carbons (Fsp3) is 0.0476. The summed E-state index contributed by atoms with van der Waals surface area (Å²) in [6.07, 6.45) is -0.822. The highest BCUT2D eigenvalue weighted by molar-refractivity contribution is 6.06. The molecule has 0 unspecified atom stereocenters. The number of nitrogens with one attached hydrogen (secondary N) is 3. The number of halogens is 3. The molecule has 4 aromatic rings. The third-order valence-electron chi connectivity index (χ3n) is 4.32. The van der Waals surface area contributed by atoms with Gasteiger partial charge in [-0.15, -0.1) is 0 Å². The van der Waals surface area contributed by atoms with E-state index in [9.17, 15) is 18.0 Å². The lowest BCUT2D eigenvalue weighted by Crippen LogP contribution is -2.12. The Hall–Kier alpha value is -4.21. The Morgan fingerprint density at radius 1 is 0.935 bits per heavy atom. The number of carbonyl (C=O) groups is 1. The van der Waals surface area contributed by atoms with Crippen molar-refractivity contribution in [1.82, 2.24) is 20.2 Å². The summed E-state index contributed by atoms with van der Waals surface area (Å²) in [6.45, 7) is 0. The first kappa shape index (κ1) is 20.1. The molecule has 0 spiro atoms. The van der Waals surface area contributed by atoms with Crippen molar-refractivity contribution in [2.75, 3.05) is 10.6 Å². The van der Waals surface area contributed by atoms with Gasteiger partial charge in [-0.25, -0.2) is 9.97 Å². The van der Waals surface area contributed by atoms with Gasteiger partial charge in [0.2, 0.25) is 0 Å². The molecule has 0 saturated carbocycles. The Kier molecular flexibility index (Phi) is 5.35. The van der Waals surface area contributed by atoms with Crippen molar-refractivity contribution in [3.63, 3.8) is 0 Å². The second kappa shape index (κ2) is 8.27. The number of carbonyl (C=O) groups excluding carboxylic acids is 1. The molecule has 3 heterocycles. The van der Waals surface area contributed by atoms with Crippen LogP contribution in [-0.2, 0) is 6.18 Å². The van der Waals surface area contributed by atoms with Crippen LogP contribution in [0.25, 0.3) is 11.3 Å². The summed E-state index contributed by atoms with van der Waals surface area (Å²) in [5.41, 5.74) is 1.47. The zero-order valence-corrected chi connectivity index (χ0v) is 15.8. The monoisotopic (exact) mass is 424 g/mol. The topological polar surface area (TPSA) is 95.6 Å². The number of rotatable bonds is 5. The molecule has 10 heteroatoms. The maximum Gasteiger partial charge on any atom is 0.417 e. The average Bonchev–Trinajstić information content (AvgIpc) is 3.22. The molecular formula is C21H15F3N6O. The molecule has 1 aromatic carbocycles. The van der Waals surface area contributed by atoms with Crippen LogP contribution in [0.15, 0.2) is 73.2 Å². The van der Waals surface area contributed by atoms with Crippen molar-refractivity contribution in [2.24, 2.45) is 0 Å². The summed E-state index contributed by atoms with van der Waals surface area (Å²) >= 11 is 0. The number of H-pyrrole nitrogens is 1. The van der Waals surface area contributed by atoms with E-state index in [0.29, 0.717) is 16.9 Å². The van der Waals surface area contributed by atoms with Gasteiger partial charge in [0, 0.05) is 23.5 Å². The molecular weight excluding hydrogens is 409 g/mol. The third kappa shape index (κ3) is 4.69. The number of hydrogen-bond acceptors (Lipinski definition) is 5. The fourth-order valence-electron chi connectivity index (χ4n) is 2.81. The number of alkyl halides is 3. The smallest absolute Gasteiger partial charge is 0.325 e. The number of aromatic nitrogens is 4. The Labute approximate surface area is 174 Å². The molecule has 0 radical (unpaired) electrons. The predicted octanol–water partition coefficient (Wildman–Crippen LogP) is 4.88. The van der Waals surface area contributed by atoms with Gasteiger partial charge in [-0.1, -0.05) is 30.3 Å². The Balaban J connectivity index is 1.49.